The predicted molar refractivity (Wildman–Crippen MR) is 76.9 cm³/mol. The van der Waals surface area contributed by atoms with Crippen molar-refractivity contribution in [3.8, 4) is 0 Å². The molecular weight excluding hydrogens is 238 g/mol. The number of aliphatic hydroxyl groups excluding tert-OH is 1. The lowest BCUT2D eigenvalue weighted by Crippen LogP contribution is -2.10. The van der Waals surface area contributed by atoms with Gasteiger partial charge < -0.3 is 15.0 Å². The van der Waals surface area contributed by atoms with Gasteiger partial charge in [0, 0.05) is 30.2 Å². The smallest absolute Gasteiger partial charge is 0.128 e. The number of para-hydroxylation sites is 1. The lowest BCUT2D eigenvalue weighted by Gasteiger charge is -2.14. The molecule has 0 bridgehead atoms. The number of nitrogens with one attached hydrogen (secondary N) is 1. The predicted octanol–water partition coefficient (Wildman–Crippen LogP) is 2.96. The van der Waals surface area contributed by atoms with Gasteiger partial charge in [0.25, 0.3) is 0 Å². The molecule has 0 spiro atoms. The molecule has 0 saturated carbocycles. The molecule has 0 aliphatic carbocycles. The first-order valence-electron chi connectivity index (χ1n) is 6.73. The number of aromatic nitrogens is 2. The van der Waals surface area contributed by atoms with E-state index in [1.54, 1.807) is 6.92 Å². The molecule has 1 atom stereocenters. The van der Waals surface area contributed by atoms with E-state index < -0.39 is 6.10 Å². The Bertz CT molecular complexity index is 520. The summed E-state index contributed by atoms with van der Waals surface area (Å²) in [6.07, 6.45) is 4.45. The van der Waals surface area contributed by atoms with Crippen LogP contribution in [-0.2, 0) is 13.1 Å². The Labute approximate surface area is 114 Å². The van der Waals surface area contributed by atoms with Crippen molar-refractivity contribution in [2.45, 2.75) is 39.5 Å². The van der Waals surface area contributed by atoms with Crippen molar-refractivity contribution in [1.82, 2.24) is 9.55 Å². The summed E-state index contributed by atoms with van der Waals surface area (Å²) in [6, 6.07) is 7.82. The van der Waals surface area contributed by atoms with Gasteiger partial charge in [0.2, 0.25) is 0 Å². The molecule has 2 N–H and O–H groups in total. The first-order valence-corrected chi connectivity index (χ1v) is 6.73. The Morgan fingerprint density at radius 3 is 2.89 bits per heavy atom. The Morgan fingerprint density at radius 2 is 2.16 bits per heavy atom. The van der Waals surface area contributed by atoms with Crippen molar-refractivity contribution < 1.29 is 5.11 Å². The summed E-state index contributed by atoms with van der Waals surface area (Å²) < 4.78 is 2.15. The standard InChI is InChI=1S/C15H21N3O/c1-3-9-18-10-8-16-15(18)11-17-14-7-5-4-6-13(14)12(2)19/h4-8,10,12,17,19H,3,9,11H2,1-2H3. The first kappa shape index (κ1) is 13.6. The third-order valence-corrected chi connectivity index (χ3v) is 3.11. The summed E-state index contributed by atoms with van der Waals surface area (Å²) in [5.41, 5.74) is 1.87. The van der Waals surface area contributed by atoms with Gasteiger partial charge in [0.1, 0.15) is 5.82 Å². The van der Waals surface area contributed by atoms with Crippen LogP contribution in [-0.4, -0.2) is 14.7 Å². The zero-order valence-electron chi connectivity index (χ0n) is 11.5. The van der Waals surface area contributed by atoms with Gasteiger partial charge in [-0.15, -0.1) is 0 Å². The lowest BCUT2D eigenvalue weighted by atomic mass is 10.1. The average Bonchev–Trinajstić information content (AvgIpc) is 2.84. The highest BCUT2D eigenvalue weighted by Crippen LogP contribution is 2.22. The molecule has 0 aliphatic heterocycles. The van der Waals surface area contributed by atoms with Crippen molar-refractivity contribution in [3.63, 3.8) is 0 Å². The van der Waals surface area contributed by atoms with E-state index in [-0.39, 0.29) is 0 Å². The average molecular weight is 259 g/mol. The van der Waals surface area contributed by atoms with Crippen LogP contribution in [0.1, 0.15) is 37.8 Å². The van der Waals surface area contributed by atoms with Gasteiger partial charge in [-0.2, -0.15) is 0 Å². The normalized spacial score (nSPS) is 12.4. The third-order valence-electron chi connectivity index (χ3n) is 3.11. The van der Waals surface area contributed by atoms with Crippen molar-refractivity contribution in [1.29, 1.82) is 0 Å². The van der Waals surface area contributed by atoms with E-state index in [0.717, 1.165) is 30.0 Å². The van der Waals surface area contributed by atoms with Crippen LogP contribution in [0.2, 0.25) is 0 Å². The van der Waals surface area contributed by atoms with Gasteiger partial charge in [-0.25, -0.2) is 4.98 Å². The molecule has 4 nitrogen and oxygen atoms in total. The largest absolute Gasteiger partial charge is 0.389 e. The second kappa shape index (κ2) is 6.38. The molecule has 0 saturated heterocycles. The van der Waals surface area contributed by atoms with E-state index in [1.165, 1.54) is 0 Å². The zero-order chi connectivity index (χ0) is 13.7. The first-order chi connectivity index (χ1) is 9.22. The maximum Gasteiger partial charge on any atom is 0.128 e. The number of aryl methyl sites for hydroxylation is 1. The van der Waals surface area contributed by atoms with E-state index in [2.05, 4.69) is 21.8 Å². The van der Waals surface area contributed by atoms with Gasteiger partial charge in [-0.3, -0.25) is 0 Å². The highest BCUT2D eigenvalue weighted by atomic mass is 16.3. The summed E-state index contributed by atoms with van der Waals surface area (Å²) in [7, 11) is 0. The number of nitrogens with zero attached hydrogens (tertiary/aromatic N) is 2. The number of aliphatic hydroxyl groups is 1. The molecule has 1 heterocycles. The van der Waals surface area contributed by atoms with Gasteiger partial charge >= 0.3 is 0 Å². The van der Waals surface area contributed by atoms with E-state index in [1.807, 2.05) is 36.7 Å². The Kier molecular flexibility index (Phi) is 4.58. The van der Waals surface area contributed by atoms with Crippen molar-refractivity contribution in [3.05, 3.63) is 48.0 Å². The van der Waals surface area contributed by atoms with Crippen LogP contribution in [0, 0.1) is 0 Å². The van der Waals surface area contributed by atoms with Crippen LogP contribution >= 0.6 is 0 Å². The number of anilines is 1. The molecule has 102 valence electrons. The maximum absolute atomic E-state index is 9.74. The fourth-order valence-electron chi connectivity index (χ4n) is 2.15. The molecule has 0 aliphatic rings. The zero-order valence-corrected chi connectivity index (χ0v) is 11.5. The Hall–Kier alpha value is -1.81. The molecule has 4 heteroatoms. The number of benzene rings is 1. The molecule has 19 heavy (non-hydrogen) atoms. The Balaban J connectivity index is 2.08. The SMILES string of the molecule is CCCn1ccnc1CNc1ccccc1C(C)O. The van der Waals surface area contributed by atoms with Gasteiger partial charge in [0.15, 0.2) is 0 Å². The molecule has 1 unspecified atom stereocenters. The van der Waals surface area contributed by atoms with Crippen molar-refractivity contribution >= 4 is 5.69 Å². The van der Waals surface area contributed by atoms with E-state index in [9.17, 15) is 5.11 Å². The highest BCUT2D eigenvalue weighted by Gasteiger charge is 2.08. The molecule has 0 radical (unpaired) electrons. The second-order valence-electron chi connectivity index (χ2n) is 4.65. The van der Waals surface area contributed by atoms with Crippen LogP contribution in [0.25, 0.3) is 0 Å². The second-order valence-corrected chi connectivity index (χ2v) is 4.65. The summed E-state index contributed by atoms with van der Waals surface area (Å²) in [4.78, 5) is 4.36. The molecule has 1 aromatic heterocycles. The molecule has 2 rings (SSSR count). The summed E-state index contributed by atoms with van der Waals surface area (Å²) in [5, 5.41) is 13.1. The highest BCUT2D eigenvalue weighted by molar-refractivity contribution is 5.52. The number of rotatable bonds is 6. The molecule has 1 aromatic carbocycles. The number of hydrogen-bond acceptors (Lipinski definition) is 3. The maximum atomic E-state index is 9.74. The van der Waals surface area contributed by atoms with Crippen LogP contribution in [0.5, 0.6) is 0 Å². The van der Waals surface area contributed by atoms with E-state index in [0.29, 0.717) is 6.54 Å². The minimum atomic E-state index is -0.473. The van der Waals surface area contributed by atoms with Crippen LogP contribution in [0.4, 0.5) is 5.69 Å². The van der Waals surface area contributed by atoms with Crippen LogP contribution in [0.15, 0.2) is 36.7 Å². The minimum Gasteiger partial charge on any atom is -0.389 e. The van der Waals surface area contributed by atoms with E-state index >= 15 is 0 Å². The molecular formula is C15H21N3O. The third kappa shape index (κ3) is 3.35. The minimum absolute atomic E-state index is 0.473. The number of hydrogen-bond donors (Lipinski definition) is 2. The van der Waals surface area contributed by atoms with Crippen molar-refractivity contribution in [2.24, 2.45) is 0 Å². The van der Waals surface area contributed by atoms with Gasteiger partial charge in [0.05, 0.1) is 12.6 Å². The van der Waals surface area contributed by atoms with Crippen LogP contribution < -0.4 is 5.32 Å². The molecule has 2 aromatic rings. The summed E-state index contributed by atoms with van der Waals surface area (Å²) >= 11 is 0. The van der Waals surface area contributed by atoms with Crippen molar-refractivity contribution in [2.75, 3.05) is 5.32 Å². The lowest BCUT2D eigenvalue weighted by molar-refractivity contribution is 0.200. The molecule has 0 fully saturated rings. The quantitative estimate of drug-likeness (QED) is 0.838. The Morgan fingerprint density at radius 1 is 1.37 bits per heavy atom. The van der Waals surface area contributed by atoms with Crippen LogP contribution in [0.3, 0.4) is 0 Å². The fraction of sp³-hybridized carbons (Fsp3) is 0.400. The van der Waals surface area contributed by atoms with E-state index in [4.69, 9.17) is 0 Å². The topological polar surface area (TPSA) is 50.1 Å². The fourth-order valence-corrected chi connectivity index (χ4v) is 2.15. The molecule has 0 amide bonds. The number of imidazole rings is 1. The van der Waals surface area contributed by atoms with Gasteiger partial charge in [-0.1, -0.05) is 25.1 Å². The monoisotopic (exact) mass is 259 g/mol. The summed E-state index contributed by atoms with van der Waals surface area (Å²) in [5.74, 6) is 1.02. The van der Waals surface area contributed by atoms with Gasteiger partial charge in [-0.05, 0) is 19.4 Å². The summed E-state index contributed by atoms with van der Waals surface area (Å²) in [6.45, 7) is 5.57.